The normalized spacial score (nSPS) is 13.9. The first-order valence-electron chi connectivity index (χ1n) is 6.31. The molecule has 19 heavy (non-hydrogen) atoms. The molecule has 1 aromatic carbocycles. The van der Waals surface area contributed by atoms with Gasteiger partial charge in [-0.25, -0.2) is 0 Å². The Balaban J connectivity index is 2.56. The van der Waals surface area contributed by atoms with Crippen LogP contribution >= 0.6 is 23.2 Å². The van der Waals surface area contributed by atoms with Crippen molar-refractivity contribution in [2.75, 3.05) is 20.1 Å². The van der Waals surface area contributed by atoms with Gasteiger partial charge in [-0.3, -0.25) is 0 Å². The quantitative estimate of drug-likeness (QED) is 0.849. The fourth-order valence-corrected chi connectivity index (χ4v) is 2.51. The molecule has 0 fully saturated rings. The number of likely N-dealkylation sites (N-methyl/N-ethyl adjacent to an activating group) is 1. The molecule has 0 heterocycles. The summed E-state index contributed by atoms with van der Waals surface area (Å²) in [4.78, 5) is 2.05. The van der Waals surface area contributed by atoms with E-state index >= 15 is 0 Å². The van der Waals surface area contributed by atoms with Crippen LogP contribution in [0.2, 0.25) is 10.0 Å². The Labute approximate surface area is 125 Å². The van der Waals surface area contributed by atoms with E-state index in [4.69, 9.17) is 28.9 Å². The molecule has 0 aliphatic carbocycles. The third-order valence-electron chi connectivity index (χ3n) is 2.86. The molecule has 0 saturated carbocycles. The summed E-state index contributed by atoms with van der Waals surface area (Å²) >= 11 is 12.1. The third-order valence-corrected chi connectivity index (χ3v) is 3.69. The highest BCUT2D eigenvalue weighted by Gasteiger charge is 2.17. The lowest BCUT2D eigenvalue weighted by molar-refractivity contribution is 0.0438. The van der Waals surface area contributed by atoms with E-state index < -0.39 is 5.60 Å². The van der Waals surface area contributed by atoms with Crippen LogP contribution in [0.15, 0.2) is 18.2 Å². The molecule has 3 nitrogen and oxygen atoms in total. The largest absolute Gasteiger partial charge is 0.389 e. The van der Waals surface area contributed by atoms with E-state index in [1.54, 1.807) is 19.9 Å². The molecule has 1 atom stereocenters. The van der Waals surface area contributed by atoms with Gasteiger partial charge in [-0.15, -0.1) is 0 Å². The van der Waals surface area contributed by atoms with Gasteiger partial charge in [-0.05, 0) is 45.5 Å². The lowest BCUT2D eigenvalue weighted by atomic mass is 10.0. The van der Waals surface area contributed by atoms with Gasteiger partial charge in [0.2, 0.25) is 0 Å². The molecule has 0 amide bonds. The zero-order chi connectivity index (χ0) is 14.6. The maximum atomic E-state index is 9.74. The van der Waals surface area contributed by atoms with Crippen LogP contribution in [0.4, 0.5) is 0 Å². The Morgan fingerprint density at radius 3 is 2.58 bits per heavy atom. The minimum absolute atomic E-state index is 0.157. The van der Waals surface area contributed by atoms with Crippen molar-refractivity contribution >= 4 is 23.2 Å². The van der Waals surface area contributed by atoms with Crippen LogP contribution in [-0.2, 0) is 0 Å². The zero-order valence-electron chi connectivity index (χ0n) is 11.7. The second-order valence-electron chi connectivity index (χ2n) is 5.59. The molecule has 5 heteroatoms. The number of halogens is 2. The van der Waals surface area contributed by atoms with Crippen LogP contribution in [0.3, 0.4) is 0 Å². The third kappa shape index (κ3) is 5.67. The highest BCUT2D eigenvalue weighted by Crippen LogP contribution is 2.30. The number of hydrogen-bond acceptors (Lipinski definition) is 3. The van der Waals surface area contributed by atoms with Crippen LogP contribution in [0.1, 0.15) is 31.9 Å². The second-order valence-corrected chi connectivity index (χ2v) is 6.37. The Morgan fingerprint density at radius 2 is 2.00 bits per heavy atom. The van der Waals surface area contributed by atoms with Crippen molar-refractivity contribution < 1.29 is 5.11 Å². The molecule has 1 rings (SSSR count). The summed E-state index contributed by atoms with van der Waals surface area (Å²) in [5, 5.41) is 10.8. The molecule has 1 unspecified atom stereocenters. The predicted molar refractivity (Wildman–Crippen MR) is 81.8 cm³/mol. The fraction of sp³-hybridized carbons (Fsp3) is 0.571. The molecule has 0 aromatic heterocycles. The standard InChI is InChI=1S/C14H22Cl2N2O/c1-14(2,19)9-18(3)8-7-12(17)10-5-4-6-11(15)13(10)16/h4-6,12,19H,7-9,17H2,1-3H3. The molecular weight excluding hydrogens is 283 g/mol. The summed E-state index contributed by atoms with van der Waals surface area (Å²) in [6.07, 6.45) is 0.757. The van der Waals surface area contributed by atoms with Crippen molar-refractivity contribution in [3.63, 3.8) is 0 Å². The molecule has 0 spiro atoms. The van der Waals surface area contributed by atoms with E-state index in [2.05, 4.69) is 4.90 Å². The maximum Gasteiger partial charge on any atom is 0.0718 e. The van der Waals surface area contributed by atoms with Gasteiger partial charge >= 0.3 is 0 Å². The summed E-state index contributed by atoms with van der Waals surface area (Å²) in [7, 11) is 1.96. The summed E-state index contributed by atoms with van der Waals surface area (Å²) in [5.74, 6) is 0. The van der Waals surface area contributed by atoms with Crippen LogP contribution < -0.4 is 5.73 Å². The number of rotatable bonds is 6. The minimum atomic E-state index is -0.702. The summed E-state index contributed by atoms with van der Waals surface area (Å²) < 4.78 is 0. The van der Waals surface area contributed by atoms with Gasteiger partial charge in [-0.1, -0.05) is 35.3 Å². The van der Waals surface area contributed by atoms with Crippen molar-refractivity contribution in [3.8, 4) is 0 Å². The SMILES string of the molecule is CN(CCC(N)c1cccc(Cl)c1Cl)CC(C)(C)O. The second kappa shape index (κ2) is 6.91. The highest BCUT2D eigenvalue weighted by molar-refractivity contribution is 6.42. The van der Waals surface area contributed by atoms with Crippen LogP contribution in [0.25, 0.3) is 0 Å². The predicted octanol–water partition coefficient (Wildman–Crippen LogP) is 3.09. The first-order valence-corrected chi connectivity index (χ1v) is 7.06. The summed E-state index contributed by atoms with van der Waals surface area (Å²) in [6.45, 7) is 4.96. The molecule has 1 aromatic rings. The van der Waals surface area contributed by atoms with Gasteiger partial charge in [0.1, 0.15) is 0 Å². The van der Waals surface area contributed by atoms with Crippen molar-refractivity contribution in [1.82, 2.24) is 4.90 Å². The Hall–Kier alpha value is -0.320. The molecule has 3 N–H and O–H groups in total. The van der Waals surface area contributed by atoms with Gasteiger partial charge in [0.15, 0.2) is 0 Å². The van der Waals surface area contributed by atoms with Gasteiger partial charge in [0.25, 0.3) is 0 Å². The van der Waals surface area contributed by atoms with Gasteiger partial charge in [0.05, 0.1) is 15.6 Å². The number of hydrogen-bond donors (Lipinski definition) is 2. The Morgan fingerprint density at radius 1 is 1.37 bits per heavy atom. The lowest BCUT2D eigenvalue weighted by Crippen LogP contribution is -2.37. The average Bonchev–Trinajstić information content (AvgIpc) is 2.27. The monoisotopic (exact) mass is 304 g/mol. The molecule has 0 bridgehead atoms. The maximum absolute atomic E-state index is 9.74. The Kier molecular flexibility index (Phi) is 6.09. The first kappa shape index (κ1) is 16.7. The molecule has 0 aliphatic heterocycles. The van der Waals surface area contributed by atoms with E-state index in [1.165, 1.54) is 0 Å². The molecular formula is C14H22Cl2N2O. The molecule has 0 saturated heterocycles. The first-order chi connectivity index (χ1) is 8.70. The number of nitrogens with two attached hydrogens (primary N) is 1. The van der Waals surface area contributed by atoms with Gasteiger partial charge < -0.3 is 15.7 Å². The number of aliphatic hydroxyl groups is 1. The molecule has 0 radical (unpaired) electrons. The fourth-order valence-electron chi connectivity index (χ4n) is 2.06. The minimum Gasteiger partial charge on any atom is -0.389 e. The smallest absolute Gasteiger partial charge is 0.0718 e. The van der Waals surface area contributed by atoms with Crippen LogP contribution in [0, 0.1) is 0 Å². The van der Waals surface area contributed by atoms with E-state index in [1.807, 2.05) is 19.2 Å². The lowest BCUT2D eigenvalue weighted by Gasteiger charge is -2.26. The van der Waals surface area contributed by atoms with Gasteiger partial charge in [0, 0.05) is 12.6 Å². The van der Waals surface area contributed by atoms with Gasteiger partial charge in [-0.2, -0.15) is 0 Å². The number of nitrogens with zero attached hydrogens (tertiary/aromatic N) is 1. The molecule has 0 aliphatic rings. The summed E-state index contributed by atoms with van der Waals surface area (Å²) in [5.41, 5.74) is 6.31. The van der Waals surface area contributed by atoms with Crippen molar-refractivity contribution in [3.05, 3.63) is 33.8 Å². The summed E-state index contributed by atoms with van der Waals surface area (Å²) in [6, 6.07) is 5.34. The zero-order valence-corrected chi connectivity index (χ0v) is 13.2. The number of benzene rings is 1. The van der Waals surface area contributed by atoms with E-state index in [0.717, 1.165) is 18.5 Å². The van der Waals surface area contributed by atoms with E-state index in [0.29, 0.717) is 16.6 Å². The van der Waals surface area contributed by atoms with E-state index in [9.17, 15) is 5.11 Å². The molecule has 108 valence electrons. The topological polar surface area (TPSA) is 49.5 Å². The van der Waals surface area contributed by atoms with Crippen molar-refractivity contribution in [1.29, 1.82) is 0 Å². The van der Waals surface area contributed by atoms with Crippen molar-refractivity contribution in [2.24, 2.45) is 5.73 Å². The van der Waals surface area contributed by atoms with Crippen molar-refractivity contribution in [2.45, 2.75) is 31.9 Å². The van der Waals surface area contributed by atoms with Crippen LogP contribution in [-0.4, -0.2) is 35.7 Å². The average molecular weight is 305 g/mol. The van der Waals surface area contributed by atoms with Crippen LogP contribution in [0.5, 0.6) is 0 Å². The Bertz CT molecular complexity index is 418. The van der Waals surface area contributed by atoms with E-state index in [-0.39, 0.29) is 6.04 Å². The highest BCUT2D eigenvalue weighted by atomic mass is 35.5.